The van der Waals surface area contributed by atoms with Crippen molar-refractivity contribution in [2.75, 3.05) is 0 Å². The SMILES string of the molecule is CCC1=NN(C(=O)c2cccc([N+](=O)[O-])c2)C(O)(c2ccc(Cl)cc2)C1. The van der Waals surface area contributed by atoms with Gasteiger partial charge in [-0.25, -0.2) is 0 Å². The second-order valence-electron chi connectivity index (χ2n) is 5.94. The maximum Gasteiger partial charge on any atom is 0.277 e. The number of aliphatic hydroxyl groups is 1. The minimum Gasteiger partial charge on any atom is -0.365 e. The molecule has 0 radical (unpaired) electrons. The Morgan fingerprint density at radius 2 is 2.04 bits per heavy atom. The largest absolute Gasteiger partial charge is 0.365 e. The highest BCUT2D eigenvalue weighted by Crippen LogP contribution is 2.37. The Labute approximate surface area is 154 Å². The lowest BCUT2D eigenvalue weighted by molar-refractivity contribution is -0.384. The van der Waals surface area contributed by atoms with Crippen molar-refractivity contribution in [1.82, 2.24) is 5.01 Å². The maximum atomic E-state index is 12.9. The van der Waals surface area contributed by atoms with E-state index in [4.69, 9.17) is 11.6 Å². The van der Waals surface area contributed by atoms with Crippen LogP contribution in [0, 0.1) is 10.1 Å². The first-order valence-electron chi connectivity index (χ1n) is 7.99. The molecule has 1 atom stereocenters. The number of non-ortho nitro benzene ring substituents is 1. The van der Waals surface area contributed by atoms with Crippen LogP contribution in [0.4, 0.5) is 5.69 Å². The van der Waals surface area contributed by atoms with Gasteiger partial charge >= 0.3 is 0 Å². The molecule has 0 aliphatic carbocycles. The number of nitrogens with zero attached hydrogens (tertiary/aromatic N) is 3. The number of carbonyl (C=O) groups is 1. The average molecular weight is 374 g/mol. The Balaban J connectivity index is 2.03. The number of nitro groups is 1. The van der Waals surface area contributed by atoms with Crippen LogP contribution < -0.4 is 0 Å². The maximum absolute atomic E-state index is 12.9. The molecule has 0 saturated heterocycles. The van der Waals surface area contributed by atoms with Crippen molar-refractivity contribution in [3.05, 3.63) is 74.8 Å². The Morgan fingerprint density at radius 1 is 1.35 bits per heavy atom. The zero-order valence-electron chi connectivity index (χ0n) is 13.9. The lowest BCUT2D eigenvalue weighted by Crippen LogP contribution is -2.43. The van der Waals surface area contributed by atoms with Crippen LogP contribution in [0.3, 0.4) is 0 Å². The van der Waals surface area contributed by atoms with Crippen molar-refractivity contribution in [3.8, 4) is 0 Å². The van der Waals surface area contributed by atoms with Crippen molar-refractivity contribution < 1.29 is 14.8 Å². The number of halogens is 1. The number of carbonyl (C=O) groups excluding carboxylic acids is 1. The summed E-state index contributed by atoms with van der Waals surface area (Å²) in [5.41, 5.74) is -0.677. The highest BCUT2D eigenvalue weighted by Gasteiger charge is 2.45. The highest BCUT2D eigenvalue weighted by molar-refractivity contribution is 6.30. The first-order valence-corrected chi connectivity index (χ1v) is 8.36. The molecule has 1 unspecified atom stereocenters. The zero-order chi connectivity index (χ0) is 18.9. The number of benzene rings is 2. The van der Waals surface area contributed by atoms with Gasteiger partial charge in [0.15, 0.2) is 5.72 Å². The smallest absolute Gasteiger partial charge is 0.277 e. The van der Waals surface area contributed by atoms with Crippen LogP contribution in [-0.2, 0) is 5.72 Å². The topological polar surface area (TPSA) is 96.0 Å². The van der Waals surface area contributed by atoms with E-state index in [1.165, 1.54) is 24.3 Å². The summed E-state index contributed by atoms with van der Waals surface area (Å²) in [6, 6.07) is 11.8. The third-order valence-electron chi connectivity index (χ3n) is 4.25. The summed E-state index contributed by atoms with van der Waals surface area (Å²) >= 11 is 5.91. The summed E-state index contributed by atoms with van der Waals surface area (Å²) < 4.78 is 0. The van der Waals surface area contributed by atoms with Gasteiger partial charge in [0.05, 0.1) is 4.92 Å². The van der Waals surface area contributed by atoms with Gasteiger partial charge in [-0.05, 0) is 24.6 Å². The molecule has 0 saturated carbocycles. The Morgan fingerprint density at radius 3 is 2.65 bits per heavy atom. The third kappa shape index (κ3) is 3.18. The molecule has 2 aromatic rings. The Kier molecular flexibility index (Phi) is 4.76. The molecule has 2 aromatic carbocycles. The summed E-state index contributed by atoms with van der Waals surface area (Å²) in [7, 11) is 0. The average Bonchev–Trinajstić information content (AvgIpc) is 2.99. The van der Waals surface area contributed by atoms with Gasteiger partial charge < -0.3 is 5.11 Å². The minimum atomic E-state index is -1.67. The first kappa shape index (κ1) is 18.0. The normalized spacial score (nSPS) is 19.3. The Hall–Kier alpha value is -2.77. The summed E-state index contributed by atoms with van der Waals surface area (Å²) in [5.74, 6) is -0.616. The molecule has 1 aliphatic rings. The standard InChI is InChI=1S/C18H16ClN3O4/c1-2-15-11-18(24,13-6-8-14(19)9-7-13)21(20-15)17(23)12-4-3-5-16(10-12)22(25)26/h3-10,24H,2,11H2,1H3. The second kappa shape index (κ2) is 6.86. The molecule has 0 fully saturated rings. The van der Waals surface area contributed by atoms with Crippen molar-refractivity contribution in [2.45, 2.75) is 25.5 Å². The van der Waals surface area contributed by atoms with E-state index in [0.717, 1.165) is 5.01 Å². The van der Waals surface area contributed by atoms with Crippen LogP contribution in [0.2, 0.25) is 5.02 Å². The van der Waals surface area contributed by atoms with E-state index < -0.39 is 16.6 Å². The number of rotatable bonds is 4. The molecule has 0 bridgehead atoms. The molecular weight excluding hydrogens is 358 g/mol. The fourth-order valence-corrected chi connectivity index (χ4v) is 2.97. The van der Waals surface area contributed by atoms with Gasteiger partial charge in [-0.15, -0.1) is 0 Å². The monoisotopic (exact) mass is 373 g/mol. The minimum absolute atomic E-state index is 0.0766. The van der Waals surface area contributed by atoms with Crippen LogP contribution >= 0.6 is 11.6 Å². The van der Waals surface area contributed by atoms with Crippen molar-refractivity contribution in [2.24, 2.45) is 5.10 Å². The molecule has 7 nitrogen and oxygen atoms in total. The van der Waals surface area contributed by atoms with Crippen molar-refractivity contribution >= 4 is 28.9 Å². The van der Waals surface area contributed by atoms with Gasteiger partial charge in [0.2, 0.25) is 0 Å². The predicted octanol–water partition coefficient (Wildman–Crippen LogP) is 3.71. The summed E-state index contributed by atoms with van der Waals surface area (Å²) in [6.45, 7) is 1.88. The molecule has 1 N–H and O–H groups in total. The summed E-state index contributed by atoms with van der Waals surface area (Å²) in [5, 5.41) is 28.0. The number of hydrogen-bond donors (Lipinski definition) is 1. The van der Waals surface area contributed by atoms with Gasteiger partial charge in [-0.3, -0.25) is 14.9 Å². The fourth-order valence-electron chi connectivity index (χ4n) is 2.84. The predicted molar refractivity (Wildman–Crippen MR) is 97.0 cm³/mol. The van der Waals surface area contributed by atoms with Crippen molar-refractivity contribution in [1.29, 1.82) is 0 Å². The molecule has 26 heavy (non-hydrogen) atoms. The van der Waals surface area contributed by atoms with Gasteiger partial charge in [-0.2, -0.15) is 10.1 Å². The molecule has 1 aliphatic heterocycles. The van der Waals surface area contributed by atoms with E-state index in [-0.39, 0.29) is 17.7 Å². The van der Waals surface area contributed by atoms with Crippen molar-refractivity contribution in [3.63, 3.8) is 0 Å². The third-order valence-corrected chi connectivity index (χ3v) is 4.51. The molecule has 0 spiro atoms. The zero-order valence-corrected chi connectivity index (χ0v) is 14.7. The lowest BCUT2D eigenvalue weighted by Gasteiger charge is -2.31. The number of amides is 1. The lowest BCUT2D eigenvalue weighted by atomic mass is 9.96. The van der Waals surface area contributed by atoms with Crippen LogP contribution in [0.5, 0.6) is 0 Å². The quantitative estimate of drug-likeness (QED) is 0.652. The highest BCUT2D eigenvalue weighted by atomic mass is 35.5. The molecule has 0 aromatic heterocycles. The van der Waals surface area contributed by atoms with Gasteiger partial charge in [-0.1, -0.05) is 36.7 Å². The number of hydrazone groups is 1. The summed E-state index contributed by atoms with van der Waals surface area (Å²) in [6.07, 6.45) is 0.723. The molecule has 134 valence electrons. The number of nitro benzene ring substituents is 1. The summed E-state index contributed by atoms with van der Waals surface area (Å²) in [4.78, 5) is 23.3. The van der Waals surface area contributed by atoms with Gasteiger partial charge in [0.1, 0.15) is 0 Å². The van der Waals surface area contributed by atoms with E-state index in [1.54, 1.807) is 24.3 Å². The van der Waals surface area contributed by atoms with Crippen LogP contribution in [-0.4, -0.2) is 26.7 Å². The first-order chi connectivity index (χ1) is 12.3. The van der Waals surface area contributed by atoms with Gasteiger partial charge in [0, 0.05) is 40.4 Å². The molecule has 3 rings (SSSR count). The Bertz CT molecular complexity index is 898. The number of hydrogen-bond acceptors (Lipinski definition) is 5. The van der Waals surface area contributed by atoms with Crippen LogP contribution in [0.1, 0.15) is 35.7 Å². The van der Waals surface area contributed by atoms with Gasteiger partial charge in [0.25, 0.3) is 11.6 Å². The van der Waals surface area contributed by atoms with Crippen LogP contribution in [0.15, 0.2) is 53.6 Å². The molecule has 8 heteroatoms. The molecular formula is C18H16ClN3O4. The van der Waals surface area contributed by atoms with E-state index >= 15 is 0 Å². The van der Waals surface area contributed by atoms with E-state index in [2.05, 4.69) is 5.10 Å². The van der Waals surface area contributed by atoms with E-state index in [1.807, 2.05) is 6.92 Å². The second-order valence-corrected chi connectivity index (χ2v) is 6.38. The van der Waals surface area contributed by atoms with E-state index in [0.29, 0.717) is 22.7 Å². The molecule has 1 amide bonds. The van der Waals surface area contributed by atoms with E-state index in [9.17, 15) is 20.0 Å². The fraction of sp³-hybridized carbons (Fsp3) is 0.222. The van der Waals surface area contributed by atoms with Crippen LogP contribution in [0.25, 0.3) is 0 Å². The molecule has 1 heterocycles.